The molecule has 0 aliphatic carbocycles. The second-order valence-electron chi connectivity index (χ2n) is 4.36. The van der Waals surface area contributed by atoms with Crippen molar-refractivity contribution in [2.75, 3.05) is 5.32 Å². The molecule has 4 nitrogen and oxygen atoms in total. The third kappa shape index (κ3) is 4.14. The lowest BCUT2D eigenvalue weighted by Gasteiger charge is -2.15. The third-order valence-corrected chi connectivity index (χ3v) is 2.86. The van der Waals surface area contributed by atoms with E-state index in [2.05, 4.69) is 15.0 Å². The van der Waals surface area contributed by atoms with Gasteiger partial charge >= 0.3 is 6.61 Å². The zero-order chi connectivity index (χ0) is 15.2. The molecule has 0 saturated carbocycles. The van der Waals surface area contributed by atoms with Crippen LogP contribution in [0.2, 0.25) is 0 Å². The molecule has 1 aromatic heterocycles. The van der Waals surface area contributed by atoms with Crippen molar-refractivity contribution in [3.8, 4) is 11.8 Å². The Morgan fingerprint density at radius 1 is 1.19 bits per heavy atom. The number of rotatable bonds is 5. The predicted octanol–water partition coefficient (Wildman–Crippen LogP) is 3.73. The van der Waals surface area contributed by atoms with Gasteiger partial charge in [-0.1, -0.05) is 12.1 Å². The maximum absolute atomic E-state index is 12.1. The number of anilines is 1. The normalized spacial score (nSPS) is 11.8. The Bertz CT molecular complexity index is 621. The molecule has 0 amide bonds. The van der Waals surface area contributed by atoms with E-state index in [9.17, 15) is 8.78 Å². The van der Waals surface area contributed by atoms with Gasteiger partial charge < -0.3 is 10.1 Å². The molecule has 21 heavy (non-hydrogen) atoms. The average Bonchev–Trinajstić information content (AvgIpc) is 2.48. The van der Waals surface area contributed by atoms with Crippen molar-refractivity contribution in [3.05, 3.63) is 53.7 Å². The summed E-state index contributed by atoms with van der Waals surface area (Å²) in [5.41, 5.74) is 1.39. The molecule has 1 atom stereocenters. The molecular formula is C15H13F2N3O. The van der Waals surface area contributed by atoms with Gasteiger partial charge in [-0.3, -0.25) is 0 Å². The lowest BCUT2D eigenvalue weighted by atomic mass is 10.1. The smallest absolute Gasteiger partial charge is 0.387 e. The lowest BCUT2D eigenvalue weighted by molar-refractivity contribution is -0.0498. The first-order chi connectivity index (χ1) is 10.1. The maximum Gasteiger partial charge on any atom is 0.387 e. The minimum absolute atomic E-state index is 0.0639. The molecule has 0 aliphatic heterocycles. The average molecular weight is 289 g/mol. The number of hydrogen-bond acceptors (Lipinski definition) is 4. The number of halogens is 2. The van der Waals surface area contributed by atoms with E-state index < -0.39 is 6.61 Å². The van der Waals surface area contributed by atoms with Crippen LogP contribution in [-0.4, -0.2) is 11.6 Å². The SMILES string of the molecule is C[C@@H](Nc1ccc(C#N)cn1)c1ccc(OC(F)F)cc1. The summed E-state index contributed by atoms with van der Waals surface area (Å²) in [4.78, 5) is 4.11. The highest BCUT2D eigenvalue weighted by molar-refractivity contribution is 5.42. The molecule has 1 N–H and O–H groups in total. The number of pyridine rings is 1. The van der Waals surface area contributed by atoms with Gasteiger partial charge in [0, 0.05) is 12.2 Å². The second kappa shape index (κ2) is 6.66. The van der Waals surface area contributed by atoms with Crippen molar-refractivity contribution in [2.45, 2.75) is 19.6 Å². The summed E-state index contributed by atoms with van der Waals surface area (Å²) < 4.78 is 28.4. The van der Waals surface area contributed by atoms with E-state index in [1.54, 1.807) is 24.3 Å². The quantitative estimate of drug-likeness (QED) is 0.911. The largest absolute Gasteiger partial charge is 0.435 e. The summed E-state index contributed by atoms with van der Waals surface area (Å²) in [5.74, 6) is 0.756. The number of nitrogens with zero attached hydrogens (tertiary/aromatic N) is 2. The minimum atomic E-state index is -2.82. The van der Waals surface area contributed by atoms with E-state index >= 15 is 0 Å². The van der Waals surface area contributed by atoms with Crippen molar-refractivity contribution in [3.63, 3.8) is 0 Å². The number of alkyl halides is 2. The van der Waals surface area contributed by atoms with Crippen LogP contribution in [0.5, 0.6) is 5.75 Å². The van der Waals surface area contributed by atoms with Gasteiger partial charge in [0.1, 0.15) is 17.6 Å². The van der Waals surface area contributed by atoms with Crippen LogP contribution in [-0.2, 0) is 0 Å². The molecule has 0 unspecified atom stereocenters. The van der Waals surface area contributed by atoms with Crippen LogP contribution in [0.1, 0.15) is 24.1 Å². The van der Waals surface area contributed by atoms with Crippen LogP contribution >= 0.6 is 0 Å². The topological polar surface area (TPSA) is 57.9 Å². The second-order valence-corrected chi connectivity index (χ2v) is 4.36. The first-order valence-corrected chi connectivity index (χ1v) is 6.26. The van der Waals surface area contributed by atoms with E-state index in [4.69, 9.17) is 5.26 Å². The van der Waals surface area contributed by atoms with Crippen LogP contribution in [0.25, 0.3) is 0 Å². The fourth-order valence-corrected chi connectivity index (χ4v) is 1.79. The molecule has 2 aromatic rings. The molecule has 0 aliphatic rings. The van der Waals surface area contributed by atoms with E-state index in [1.807, 2.05) is 13.0 Å². The standard InChI is InChI=1S/C15H13F2N3O/c1-10(20-14-7-2-11(8-18)9-19-14)12-3-5-13(6-4-12)21-15(16)17/h2-7,9-10,15H,1H3,(H,19,20)/t10-/m1/s1. The van der Waals surface area contributed by atoms with Crippen molar-refractivity contribution in [1.29, 1.82) is 5.26 Å². The van der Waals surface area contributed by atoms with E-state index in [1.165, 1.54) is 18.3 Å². The molecule has 1 aromatic carbocycles. The molecule has 108 valence electrons. The van der Waals surface area contributed by atoms with Gasteiger partial charge in [0.15, 0.2) is 0 Å². The Hall–Kier alpha value is -2.68. The van der Waals surface area contributed by atoms with E-state index in [0.717, 1.165) is 5.56 Å². The highest BCUT2D eigenvalue weighted by atomic mass is 19.3. The Morgan fingerprint density at radius 2 is 1.90 bits per heavy atom. The summed E-state index contributed by atoms with van der Waals surface area (Å²) in [5, 5.41) is 11.9. The van der Waals surface area contributed by atoms with Gasteiger partial charge in [0.25, 0.3) is 0 Å². The molecular weight excluding hydrogens is 276 g/mol. The Kier molecular flexibility index (Phi) is 4.67. The van der Waals surface area contributed by atoms with Gasteiger partial charge in [0.2, 0.25) is 0 Å². The van der Waals surface area contributed by atoms with Crippen molar-refractivity contribution in [1.82, 2.24) is 4.98 Å². The Balaban J connectivity index is 2.02. The van der Waals surface area contributed by atoms with Gasteiger partial charge in [-0.25, -0.2) is 4.98 Å². The highest BCUT2D eigenvalue weighted by Gasteiger charge is 2.08. The summed E-state index contributed by atoms with van der Waals surface area (Å²) in [6, 6.07) is 11.7. The molecule has 0 fully saturated rings. The van der Waals surface area contributed by atoms with Gasteiger partial charge in [-0.2, -0.15) is 14.0 Å². The van der Waals surface area contributed by atoms with E-state index in [0.29, 0.717) is 11.4 Å². The molecule has 0 bridgehead atoms. The summed E-state index contributed by atoms with van der Waals surface area (Å²) in [6.45, 7) is -0.905. The zero-order valence-electron chi connectivity index (χ0n) is 11.3. The third-order valence-electron chi connectivity index (χ3n) is 2.86. The number of nitrogens with one attached hydrogen (secondary N) is 1. The van der Waals surface area contributed by atoms with Gasteiger partial charge in [-0.05, 0) is 36.8 Å². The predicted molar refractivity (Wildman–Crippen MR) is 74.1 cm³/mol. The maximum atomic E-state index is 12.1. The molecule has 0 saturated heterocycles. The summed E-state index contributed by atoms with van der Waals surface area (Å²) in [6.07, 6.45) is 1.48. The van der Waals surface area contributed by atoms with Crippen LogP contribution in [0.4, 0.5) is 14.6 Å². The molecule has 1 heterocycles. The van der Waals surface area contributed by atoms with Crippen molar-refractivity contribution >= 4 is 5.82 Å². The fourth-order valence-electron chi connectivity index (χ4n) is 1.79. The van der Waals surface area contributed by atoms with Gasteiger partial charge in [0.05, 0.1) is 5.56 Å². The minimum Gasteiger partial charge on any atom is -0.435 e. The fraction of sp³-hybridized carbons (Fsp3) is 0.200. The Morgan fingerprint density at radius 3 is 2.43 bits per heavy atom. The number of hydrogen-bond donors (Lipinski definition) is 1. The first-order valence-electron chi connectivity index (χ1n) is 6.26. The monoisotopic (exact) mass is 289 g/mol. The molecule has 0 spiro atoms. The summed E-state index contributed by atoms with van der Waals surface area (Å²) >= 11 is 0. The van der Waals surface area contributed by atoms with Crippen LogP contribution in [0.3, 0.4) is 0 Å². The van der Waals surface area contributed by atoms with Crippen molar-refractivity contribution < 1.29 is 13.5 Å². The zero-order valence-corrected chi connectivity index (χ0v) is 11.3. The highest BCUT2D eigenvalue weighted by Crippen LogP contribution is 2.21. The van der Waals surface area contributed by atoms with Crippen LogP contribution in [0, 0.1) is 11.3 Å². The summed E-state index contributed by atoms with van der Waals surface area (Å²) in [7, 11) is 0. The van der Waals surface area contributed by atoms with E-state index in [-0.39, 0.29) is 11.8 Å². The Labute approximate surface area is 121 Å². The van der Waals surface area contributed by atoms with Crippen LogP contribution in [0.15, 0.2) is 42.6 Å². The number of aromatic nitrogens is 1. The van der Waals surface area contributed by atoms with Gasteiger partial charge in [-0.15, -0.1) is 0 Å². The number of nitriles is 1. The van der Waals surface area contributed by atoms with Crippen molar-refractivity contribution in [2.24, 2.45) is 0 Å². The lowest BCUT2D eigenvalue weighted by Crippen LogP contribution is -2.08. The first kappa shape index (κ1) is 14.7. The molecule has 6 heteroatoms. The number of benzene rings is 1. The molecule has 0 radical (unpaired) electrons. The molecule has 2 rings (SSSR count). The number of ether oxygens (including phenoxy) is 1. The van der Waals surface area contributed by atoms with Crippen LogP contribution < -0.4 is 10.1 Å².